The summed E-state index contributed by atoms with van der Waals surface area (Å²) in [6.45, 7) is -1.03. The molecule has 0 aliphatic rings. The number of rotatable bonds is 5. The van der Waals surface area contributed by atoms with Crippen LogP contribution in [0, 0.1) is 5.82 Å². The van der Waals surface area contributed by atoms with E-state index in [1.165, 1.54) is 18.2 Å². The van der Waals surface area contributed by atoms with Crippen LogP contribution in [0.5, 0.6) is 0 Å². The first kappa shape index (κ1) is 14.6. The van der Waals surface area contributed by atoms with Gasteiger partial charge in [0.05, 0.1) is 5.56 Å². The monoisotopic (exact) mass is 296 g/mol. The summed E-state index contributed by atoms with van der Waals surface area (Å²) >= 11 is 0. The highest BCUT2D eigenvalue weighted by Gasteiger charge is 2.27. The molecule has 0 saturated heterocycles. The Morgan fingerprint density at radius 3 is 2.62 bits per heavy atom. The van der Waals surface area contributed by atoms with Crippen molar-refractivity contribution in [3.8, 4) is 0 Å². The summed E-state index contributed by atoms with van der Waals surface area (Å²) in [4.78, 5) is 23.2. The molecular weight excluding hydrogens is 286 g/mol. The van der Waals surface area contributed by atoms with Gasteiger partial charge in [0.2, 0.25) is 17.7 Å². The lowest BCUT2D eigenvalue weighted by Gasteiger charge is -2.11. The number of hydrogen-bond acceptors (Lipinski definition) is 5. The fraction of sp³-hybridized carbons (Fsp3) is 0.167. The van der Waals surface area contributed by atoms with Crippen LogP contribution in [-0.2, 0) is 11.5 Å². The maximum atomic E-state index is 13.5. The Hall–Kier alpha value is -2.84. The molecule has 0 fully saturated rings. The SMILES string of the molecule is NC(=O)[C@@H](NC(=O)c1ccccc1F)c1nnc(CF)o1. The summed E-state index contributed by atoms with van der Waals surface area (Å²) in [7, 11) is 0. The lowest BCUT2D eigenvalue weighted by atomic mass is 10.1. The van der Waals surface area contributed by atoms with E-state index in [1.807, 2.05) is 0 Å². The number of aromatic nitrogens is 2. The molecule has 2 amide bonds. The molecule has 0 radical (unpaired) electrons. The summed E-state index contributed by atoms with van der Waals surface area (Å²) in [5.74, 6) is -3.41. The first-order chi connectivity index (χ1) is 10.0. The molecule has 0 aliphatic carbocycles. The predicted molar refractivity (Wildman–Crippen MR) is 64.9 cm³/mol. The fourth-order valence-electron chi connectivity index (χ4n) is 1.55. The van der Waals surface area contributed by atoms with Crippen LogP contribution in [-0.4, -0.2) is 22.0 Å². The van der Waals surface area contributed by atoms with Gasteiger partial charge in [-0.25, -0.2) is 8.78 Å². The van der Waals surface area contributed by atoms with E-state index in [1.54, 1.807) is 0 Å². The first-order valence-electron chi connectivity index (χ1n) is 5.76. The Balaban J connectivity index is 2.23. The zero-order chi connectivity index (χ0) is 15.4. The Labute approximate surface area is 117 Å². The van der Waals surface area contributed by atoms with Crippen molar-refractivity contribution >= 4 is 11.8 Å². The quantitative estimate of drug-likeness (QED) is 0.840. The molecule has 0 spiro atoms. The van der Waals surface area contributed by atoms with Crippen molar-refractivity contribution in [3.05, 3.63) is 47.4 Å². The maximum Gasteiger partial charge on any atom is 0.255 e. The topological polar surface area (TPSA) is 111 Å². The van der Waals surface area contributed by atoms with Crippen LogP contribution < -0.4 is 11.1 Å². The molecule has 7 nitrogen and oxygen atoms in total. The number of primary amides is 1. The number of benzene rings is 1. The maximum absolute atomic E-state index is 13.5. The number of nitrogens with two attached hydrogens (primary N) is 1. The van der Waals surface area contributed by atoms with Crippen molar-refractivity contribution in [1.29, 1.82) is 0 Å². The average molecular weight is 296 g/mol. The number of carbonyl (C=O) groups excluding carboxylic acids is 2. The highest BCUT2D eigenvalue weighted by atomic mass is 19.1. The van der Waals surface area contributed by atoms with Crippen molar-refractivity contribution < 1.29 is 22.8 Å². The molecule has 2 rings (SSSR count). The second-order valence-electron chi connectivity index (χ2n) is 3.96. The highest BCUT2D eigenvalue weighted by Crippen LogP contribution is 2.14. The van der Waals surface area contributed by atoms with Gasteiger partial charge in [-0.3, -0.25) is 9.59 Å². The Morgan fingerprint density at radius 1 is 1.33 bits per heavy atom. The number of carbonyl (C=O) groups is 2. The van der Waals surface area contributed by atoms with E-state index in [0.29, 0.717) is 0 Å². The van der Waals surface area contributed by atoms with Crippen molar-refractivity contribution in [2.24, 2.45) is 5.73 Å². The van der Waals surface area contributed by atoms with E-state index in [0.717, 1.165) is 6.07 Å². The van der Waals surface area contributed by atoms with Gasteiger partial charge in [-0.15, -0.1) is 10.2 Å². The van der Waals surface area contributed by atoms with E-state index in [4.69, 9.17) is 10.2 Å². The largest absolute Gasteiger partial charge is 0.420 e. The summed E-state index contributed by atoms with van der Waals surface area (Å²) in [5, 5.41) is 8.88. The lowest BCUT2D eigenvalue weighted by Crippen LogP contribution is -2.38. The number of amides is 2. The normalized spacial score (nSPS) is 11.9. The van der Waals surface area contributed by atoms with Gasteiger partial charge in [0.15, 0.2) is 12.7 Å². The molecule has 110 valence electrons. The smallest absolute Gasteiger partial charge is 0.255 e. The third-order valence-electron chi connectivity index (χ3n) is 2.52. The van der Waals surface area contributed by atoms with Crippen LogP contribution >= 0.6 is 0 Å². The average Bonchev–Trinajstić information content (AvgIpc) is 2.93. The van der Waals surface area contributed by atoms with Gasteiger partial charge in [0.1, 0.15) is 5.82 Å². The number of hydrogen-bond donors (Lipinski definition) is 2. The summed E-state index contributed by atoms with van der Waals surface area (Å²) in [6, 6.07) is 3.69. The molecule has 1 heterocycles. The molecule has 0 bridgehead atoms. The predicted octanol–water partition coefficient (Wildman–Crippen LogP) is 0.635. The molecule has 1 atom stereocenters. The van der Waals surface area contributed by atoms with E-state index in [-0.39, 0.29) is 17.3 Å². The van der Waals surface area contributed by atoms with Crippen molar-refractivity contribution in [2.45, 2.75) is 12.7 Å². The van der Waals surface area contributed by atoms with Crippen molar-refractivity contribution in [3.63, 3.8) is 0 Å². The lowest BCUT2D eigenvalue weighted by molar-refractivity contribution is -0.120. The molecular formula is C12H10F2N4O3. The summed E-state index contributed by atoms with van der Waals surface area (Å²) in [6.07, 6.45) is 0. The minimum absolute atomic E-state index is 0.283. The molecule has 0 saturated carbocycles. The minimum atomic E-state index is -1.48. The standard InChI is InChI=1S/C12H10F2N4O3/c13-5-8-17-18-12(21-8)9(10(15)19)16-11(20)6-3-1-2-4-7(6)14/h1-4,9H,5H2,(H2,15,19)(H,16,20)/t9-/m1/s1. The Morgan fingerprint density at radius 2 is 2.05 bits per heavy atom. The Bertz CT molecular complexity index is 674. The van der Waals surface area contributed by atoms with Crippen LogP contribution in [0.3, 0.4) is 0 Å². The summed E-state index contributed by atoms with van der Waals surface area (Å²) in [5.41, 5.74) is 4.83. The van der Waals surface area contributed by atoms with Gasteiger partial charge in [0.25, 0.3) is 5.91 Å². The molecule has 1 aromatic carbocycles. The van der Waals surface area contributed by atoms with Gasteiger partial charge in [-0.05, 0) is 12.1 Å². The molecule has 9 heteroatoms. The van der Waals surface area contributed by atoms with Gasteiger partial charge in [-0.2, -0.15) is 0 Å². The summed E-state index contributed by atoms with van der Waals surface area (Å²) < 4.78 is 30.6. The van der Waals surface area contributed by atoms with Crippen LogP contribution in [0.1, 0.15) is 28.2 Å². The van der Waals surface area contributed by atoms with Crippen molar-refractivity contribution in [1.82, 2.24) is 15.5 Å². The number of alkyl halides is 1. The molecule has 3 N–H and O–H groups in total. The molecule has 2 aromatic rings. The number of nitrogens with one attached hydrogen (secondary N) is 1. The van der Waals surface area contributed by atoms with Crippen LogP contribution in [0.2, 0.25) is 0 Å². The van der Waals surface area contributed by atoms with Crippen LogP contribution in [0.4, 0.5) is 8.78 Å². The van der Waals surface area contributed by atoms with Gasteiger partial charge < -0.3 is 15.5 Å². The van der Waals surface area contributed by atoms with E-state index in [2.05, 4.69) is 15.5 Å². The van der Waals surface area contributed by atoms with E-state index in [9.17, 15) is 18.4 Å². The number of nitrogens with zero attached hydrogens (tertiary/aromatic N) is 2. The van der Waals surface area contributed by atoms with Gasteiger partial charge >= 0.3 is 0 Å². The van der Waals surface area contributed by atoms with E-state index >= 15 is 0 Å². The second-order valence-corrected chi connectivity index (χ2v) is 3.96. The third kappa shape index (κ3) is 3.19. The van der Waals surface area contributed by atoms with Crippen LogP contribution in [0.15, 0.2) is 28.7 Å². The highest BCUT2D eigenvalue weighted by molar-refractivity contribution is 5.97. The third-order valence-corrected chi connectivity index (χ3v) is 2.52. The van der Waals surface area contributed by atoms with E-state index < -0.39 is 30.3 Å². The van der Waals surface area contributed by atoms with Crippen LogP contribution in [0.25, 0.3) is 0 Å². The second kappa shape index (κ2) is 6.07. The first-order valence-corrected chi connectivity index (χ1v) is 5.76. The zero-order valence-electron chi connectivity index (χ0n) is 10.5. The number of halogens is 2. The van der Waals surface area contributed by atoms with Crippen molar-refractivity contribution in [2.75, 3.05) is 0 Å². The molecule has 21 heavy (non-hydrogen) atoms. The van der Waals surface area contributed by atoms with Gasteiger partial charge in [-0.1, -0.05) is 12.1 Å². The van der Waals surface area contributed by atoms with Gasteiger partial charge in [0, 0.05) is 0 Å². The molecule has 0 aliphatic heterocycles. The molecule has 0 unspecified atom stereocenters. The molecule has 1 aromatic heterocycles. The Kier molecular flexibility index (Phi) is 4.21. The zero-order valence-corrected chi connectivity index (χ0v) is 10.5. The minimum Gasteiger partial charge on any atom is -0.420 e. The fourth-order valence-corrected chi connectivity index (χ4v) is 1.55.